The number of nitrogens with one attached hydrogen (secondary N) is 1. The summed E-state index contributed by atoms with van der Waals surface area (Å²) in [5.74, 6) is 1.11. The Labute approximate surface area is 129 Å². The van der Waals surface area contributed by atoms with Gasteiger partial charge in [0.2, 0.25) is 0 Å². The van der Waals surface area contributed by atoms with Crippen molar-refractivity contribution in [3.05, 3.63) is 66.1 Å². The summed E-state index contributed by atoms with van der Waals surface area (Å²) in [4.78, 5) is 4.07. The molecule has 1 N–H and O–H groups in total. The molecule has 22 heavy (non-hydrogen) atoms. The number of rotatable bonds is 3. The van der Waals surface area contributed by atoms with Crippen LogP contribution in [0.25, 0.3) is 0 Å². The van der Waals surface area contributed by atoms with E-state index in [4.69, 9.17) is 4.42 Å². The molecule has 0 saturated heterocycles. The van der Waals surface area contributed by atoms with Gasteiger partial charge >= 0.3 is 0 Å². The summed E-state index contributed by atoms with van der Waals surface area (Å²) in [6.45, 7) is 3.98. The van der Waals surface area contributed by atoms with Crippen LogP contribution in [0, 0.1) is 13.8 Å². The maximum absolute atomic E-state index is 11.8. The first-order valence-electron chi connectivity index (χ1n) is 6.62. The van der Waals surface area contributed by atoms with Gasteiger partial charge in [0, 0.05) is 0 Å². The second-order valence-electron chi connectivity index (χ2n) is 4.65. The van der Waals surface area contributed by atoms with Crippen molar-refractivity contribution in [3.8, 4) is 0 Å². The Morgan fingerprint density at radius 2 is 1.86 bits per heavy atom. The fourth-order valence-corrected chi connectivity index (χ4v) is 2.85. The minimum absolute atomic E-state index is 0.180. The number of aromatic nitrogens is 3. The minimum atomic E-state index is -3.33. The molecule has 1 aromatic carbocycles. The summed E-state index contributed by atoms with van der Waals surface area (Å²) < 4.78 is 28.6. The van der Waals surface area contributed by atoms with Gasteiger partial charge in [-0.1, -0.05) is 18.2 Å². The van der Waals surface area contributed by atoms with Crippen LogP contribution in [-0.2, 0) is 15.6 Å². The Hall–Kier alpha value is -2.41. The van der Waals surface area contributed by atoms with Crippen LogP contribution in [0.2, 0.25) is 0 Å². The van der Waals surface area contributed by atoms with Gasteiger partial charge in [0.15, 0.2) is 15.7 Å². The van der Waals surface area contributed by atoms with Gasteiger partial charge in [0.05, 0.1) is 11.2 Å². The lowest BCUT2D eigenvalue weighted by molar-refractivity contribution is 0.532. The lowest BCUT2D eigenvalue weighted by atomic mass is 10.3. The number of H-pyrrole nitrogens is 1. The van der Waals surface area contributed by atoms with Gasteiger partial charge in [0.25, 0.3) is 0 Å². The minimum Gasteiger partial charge on any atom is -0.469 e. The third-order valence-electron chi connectivity index (χ3n) is 3.00. The fraction of sp³-hybridized carbons (Fsp3) is 0.200. The molecule has 7 heteroatoms. The first-order valence-corrected chi connectivity index (χ1v) is 8.27. The van der Waals surface area contributed by atoms with Crippen molar-refractivity contribution >= 4 is 9.84 Å². The maximum atomic E-state index is 11.8. The monoisotopic (exact) mass is 319 g/mol. The lowest BCUT2D eigenvalue weighted by Gasteiger charge is -2.00. The van der Waals surface area contributed by atoms with Crippen molar-refractivity contribution in [3.63, 3.8) is 0 Å². The topological polar surface area (TPSA) is 88.9 Å². The van der Waals surface area contributed by atoms with Crippen molar-refractivity contribution in [2.75, 3.05) is 0 Å². The Bertz CT molecular complexity index is 777. The normalized spacial score (nSPS) is 10.8. The molecule has 2 aromatic heterocycles. The highest BCUT2D eigenvalue weighted by atomic mass is 32.2. The molecule has 0 bridgehead atoms. The van der Waals surface area contributed by atoms with Gasteiger partial charge in [0.1, 0.15) is 17.8 Å². The molecule has 116 valence electrons. The SMILES string of the molecule is Cc1ccoc1C.O=S(=O)(Cc1nc[nH]n1)c1ccccc1. The third-order valence-corrected chi connectivity index (χ3v) is 4.63. The molecule has 0 aliphatic carbocycles. The van der Waals surface area contributed by atoms with Crippen LogP contribution in [0.15, 0.2) is 58.3 Å². The molecule has 0 unspecified atom stereocenters. The number of furan rings is 1. The van der Waals surface area contributed by atoms with Gasteiger partial charge in [-0.2, -0.15) is 5.10 Å². The van der Waals surface area contributed by atoms with Gasteiger partial charge < -0.3 is 4.42 Å². The van der Waals surface area contributed by atoms with Crippen LogP contribution in [-0.4, -0.2) is 23.6 Å². The summed E-state index contributed by atoms with van der Waals surface area (Å²) in [7, 11) is -3.33. The van der Waals surface area contributed by atoms with E-state index in [9.17, 15) is 8.42 Å². The Morgan fingerprint density at radius 1 is 1.14 bits per heavy atom. The number of aromatic amines is 1. The van der Waals surface area contributed by atoms with Crippen molar-refractivity contribution < 1.29 is 12.8 Å². The first-order chi connectivity index (χ1) is 10.5. The molecular weight excluding hydrogens is 302 g/mol. The number of hydrogen-bond donors (Lipinski definition) is 1. The number of nitrogens with zero attached hydrogens (tertiary/aromatic N) is 2. The van der Waals surface area contributed by atoms with Gasteiger partial charge in [-0.15, -0.1) is 0 Å². The zero-order valence-electron chi connectivity index (χ0n) is 12.4. The molecule has 2 heterocycles. The van der Waals surface area contributed by atoms with Gasteiger partial charge in [-0.25, -0.2) is 13.4 Å². The molecule has 0 fully saturated rings. The quantitative estimate of drug-likeness (QED) is 0.801. The van der Waals surface area contributed by atoms with Crippen molar-refractivity contribution in [1.82, 2.24) is 15.2 Å². The zero-order chi connectivity index (χ0) is 16.0. The van der Waals surface area contributed by atoms with E-state index < -0.39 is 9.84 Å². The first kappa shape index (κ1) is 16.0. The van der Waals surface area contributed by atoms with E-state index in [0.717, 1.165) is 5.76 Å². The summed E-state index contributed by atoms with van der Waals surface area (Å²) >= 11 is 0. The molecule has 0 amide bonds. The molecule has 6 nitrogen and oxygen atoms in total. The van der Waals surface area contributed by atoms with Crippen LogP contribution >= 0.6 is 0 Å². The molecular formula is C15H17N3O3S. The number of benzene rings is 1. The average Bonchev–Trinajstić information content (AvgIpc) is 3.13. The zero-order valence-corrected chi connectivity index (χ0v) is 13.2. The van der Waals surface area contributed by atoms with E-state index in [0.29, 0.717) is 0 Å². The third kappa shape index (κ3) is 4.29. The van der Waals surface area contributed by atoms with Crippen LogP contribution in [0.3, 0.4) is 0 Å². The molecule has 0 saturated carbocycles. The van der Waals surface area contributed by atoms with Crippen molar-refractivity contribution in [2.24, 2.45) is 0 Å². The lowest BCUT2D eigenvalue weighted by Crippen LogP contribution is -2.06. The second kappa shape index (κ2) is 7.04. The Balaban J connectivity index is 0.000000211. The Morgan fingerprint density at radius 3 is 2.32 bits per heavy atom. The molecule has 0 spiro atoms. The molecule has 0 atom stereocenters. The summed E-state index contributed by atoms with van der Waals surface area (Å²) in [6.07, 6.45) is 3.06. The largest absolute Gasteiger partial charge is 0.469 e. The molecule has 3 rings (SSSR count). The predicted molar refractivity (Wildman–Crippen MR) is 81.9 cm³/mol. The van der Waals surface area contributed by atoms with Crippen LogP contribution in [0.1, 0.15) is 17.1 Å². The van der Waals surface area contributed by atoms with E-state index in [2.05, 4.69) is 15.2 Å². The maximum Gasteiger partial charge on any atom is 0.185 e. The highest BCUT2D eigenvalue weighted by molar-refractivity contribution is 7.90. The molecule has 3 aromatic rings. The van der Waals surface area contributed by atoms with E-state index in [1.54, 1.807) is 36.6 Å². The van der Waals surface area contributed by atoms with Crippen LogP contribution < -0.4 is 0 Å². The summed E-state index contributed by atoms with van der Waals surface area (Å²) in [6, 6.07) is 10.2. The van der Waals surface area contributed by atoms with E-state index in [-0.39, 0.29) is 16.5 Å². The van der Waals surface area contributed by atoms with E-state index in [1.165, 1.54) is 11.9 Å². The van der Waals surface area contributed by atoms with Crippen LogP contribution in [0.4, 0.5) is 0 Å². The second-order valence-corrected chi connectivity index (χ2v) is 6.64. The molecule has 0 aliphatic rings. The smallest absolute Gasteiger partial charge is 0.185 e. The number of aryl methyl sites for hydroxylation is 2. The molecule has 0 radical (unpaired) electrons. The highest BCUT2D eigenvalue weighted by Crippen LogP contribution is 2.13. The standard InChI is InChI=1S/C9H9N3O2S.C6H8O/c13-15(14,6-9-10-7-11-12-9)8-4-2-1-3-5-8;1-5-3-4-7-6(5)2/h1-5,7H,6H2,(H,10,11,12);3-4H,1-2H3. The van der Waals surface area contributed by atoms with E-state index >= 15 is 0 Å². The van der Waals surface area contributed by atoms with E-state index in [1.807, 2.05) is 19.9 Å². The summed E-state index contributed by atoms with van der Waals surface area (Å²) in [5.41, 5.74) is 1.22. The number of sulfone groups is 1. The fourth-order valence-electron chi connectivity index (χ4n) is 1.63. The van der Waals surface area contributed by atoms with Gasteiger partial charge in [-0.05, 0) is 37.6 Å². The Kier molecular flexibility index (Phi) is 5.11. The van der Waals surface area contributed by atoms with Crippen molar-refractivity contribution in [1.29, 1.82) is 0 Å². The summed E-state index contributed by atoms with van der Waals surface area (Å²) in [5, 5.41) is 6.19. The van der Waals surface area contributed by atoms with Crippen molar-refractivity contribution in [2.45, 2.75) is 24.5 Å². The predicted octanol–water partition coefficient (Wildman–Crippen LogP) is 2.68. The average molecular weight is 319 g/mol. The number of hydrogen-bond acceptors (Lipinski definition) is 5. The molecule has 0 aliphatic heterocycles. The highest BCUT2D eigenvalue weighted by Gasteiger charge is 2.16. The van der Waals surface area contributed by atoms with Gasteiger partial charge in [-0.3, -0.25) is 5.10 Å². The van der Waals surface area contributed by atoms with Crippen LogP contribution in [0.5, 0.6) is 0 Å².